The number of hydrogen-bond donors (Lipinski definition) is 2. The van der Waals surface area contributed by atoms with Crippen molar-refractivity contribution in [2.45, 2.75) is 71.1 Å². The molecule has 1 aliphatic heterocycles. The fourth-order valence-corrected chi connectivity index (χ4v) is 5.36. The number of likely N-dealkylation sites (N-methyl/N-ethyl adjacent to an activating group) is 1. The van der Waals surface area contributed by atoms with Crippen molar-refractivity contribution in [2.24, 2.45) is 5.92 Å². The number of benzene rings is 2. The number of amides is 3. The van der Waals surface area contributed by atoms with E-state index < -0.39 is 6.04 Å². The van der Waals surface area contributed by atoms with Crippen molar-refractivity contribution in [1.29, 1.82) is 0 Å². The van der Waals surface area contributed by atoms with Crippen LogP contribution in [0.1, 0.15) is 73.6 Å². The third-order valence-corrected chi connectivity index (χ3v) is 8.22. The molecule has 0 saturated heterocycles. The topological polar surface area (TPSA) is 112 Å². The van der Waals surface area contributed by atoms with Crippen LogP contribution >= 0.6 is 0 Å². The third kappa shape index (κ3) is 11.1. The van der Waals surface area contributed by atoms with Crippen molar-refractivity contribution in [2.75, 3.05) is 59.3 Å². The van der Waals surface area contributed by atoms with Crippen LogP contribution in [0.15, 0.2) is 48.5 Å². The maximum Gasteiger partial charge on any atom is 0.258 e. The first-order chi connectivity index (χ1) is 21.5. The Morgan fingerprint density at radius 1 is 1.09 bits per heavy atom. The van der Waals surface area contributed by atoms with Gasteiger partial charge in [-0.25, -0.2) is 0 Å². The number of carbonyl (C=O) groups is 3. The Labute approximate surface area is 268 Å². The molecule has 10 heteroatoms. The van der Waals surface area contributed by atoms with Crippen LogP contribution in [0.25, 0.3) is 0 Å². The van der Waals surface area contributed by atoms with E-state index in [2.05, 4.69) is 10.2 Å². The standard InChI is InChI=1S/C35H52N4O6/c1-25-22-39(26(2)24-40)35(43)30-21-29(36-34(42)28-14-8-7-9-15-28)17-18-31(30)45-27(3)13-10-11-20-44-32(25)23-38(6)33(41)16-12-19-37(4)5/h7-9,14-15,17-18,21,25-27,32,40H,10-13,16,19-20,22-24H2,1-6H3,(H,36,42)/t25-,26-,27+,32-/m1/s1. The Hall–Kier alpha value is -3.47. The van der Waals surface area contributed by atoms with Gasteiger partial charge in [0.05, 0.1) is 30.4 Å². The van der Waals surface area contributed by atoms with Crippen LogP contribution in [0.3, 0.4) is 0 Å². The van der Waals surface area contributed by atoms with Gasteiger partial charge in [-0.05, 0) is 90.5 Å². The molecule has 3 amide bonds. The second kappa shape index (κ2) is 17.9. The molecule has 0 radical (unpaired) electrons. The lowest BCUT2D eigenvalue weighted by atomic mass is 10.0. The van der Waals surface area contributed by atoms with Crippen LogP contribution in [0, 0.1) is 5.92 Å². The molecule has 4 atom stereocenters. The molecule has 1 heterocycles. The first-order valence-electron chi connectivity index (χ1n) is 16.1. The van der Waals surface area contributed by atoms with E-state index >= 15 is 0 Å². The van der Waals surface area contributed by atoms with Gasteiger partial charge in [0.25, 0.3) is 11.8 Å². The van der Waals surface area contributed by atoms with Crippen molar-refractivity contribution in [1.82, 2.24) is 14.7 Å². The highest BCUT2D eigenvalue weighted by Crippen LogP contribution is 2.29. The Kier molecular flexibility index (Phi) is 14.3. The molecule has 0 aliphatic carbocycles. The van der Waals surface area contributed by atoms with Gasteiger partial charge in [0.15, 0.2) is 0 Å². The maximum absolute atomic E-state index is 14.3. The van der Waals surface area contributed by atoms with E-state index in [-0.39, 0.29) is 42.5 Å². The number of nitrogens with one attached hydrogen (secondary N) is 1. The summed E-state index contributed by atoms with van der Waals surface area (Å²) in [5.41, 5.74) is 1.28. The molecule has 0 fully saturated rings. The Morgan fingerprint density at radius 2 is 1.82 bits per heavy atom. The molecule has 0 saturated carbocycles. The molecule has 10 nitrogen and oxygen atoms in total. The molecular weight excluding hydrogens is 572 g/mol. The average molecular weight is 625 g/mol. The van der Waals surface area contributed by atoms with Crippen LogP contribution in [-0.2, 0) is 9.53 Å². The largest absolute Gasteiger partial charge is 0.490 e. The normalized spacial score (nSPS) is 20.5. The minimum absolute atomic E-state index is 0.0636. The monoisotopic (exact) mass is 624 g/mol. The summed E-state index contributed by atoms with van der Waals surface area (Å²) >= 11 is 0. The highest BCUT2D eigenvalue weighted by atomic mass is 16.5. The zero-order chi connectivity index (χ0) is 32.9. The lowest BCUT2D eigenvalue weighted by Crippen LogP contribution is -2.48. The fourth-order valence-electron chi connectivity index (χ4n) is 5.36. The van der Waals surface area contributed by atoms with Crippen molar-refractivity contribution in [3.8, 4) is 5.75 Å². The smallest absolute Gasteiger partial charge is 0.258 e. The molecule has 1 aliphatic rings. The summed E-state index contributed by atoms with van der Waals surface area (Å²) in [5, 5.41) is 13.1. The Morgan fingerprint density at radius 3 is 2.51 bits per heavy atom. The van der Waals surface area contributed by atoms with Crippen LogP contribution < -0.4 is 10.1 Å². The number of fused-ring (bicyclic) bond motifs is 1. The first-order valence-corrected chi connectivity index (χ1v) is 16.1. The fraction of sp³-hybridized carbons (Fsp3) is 0.571. The predicted molar refractivity (Wildman–Crippen MR) is 177 cm³/mol. The van der Waals surface area contributed by atoms with E-state index in [9.17, 15) is 19.5 Å². The van der Waals surface area contributed by atoms with Gasteiger partial charge in [-0.1, -0.05) is 25.1 Å². The summed E-state index contributed by atoms with van der Waals surface area (Å²) in [6.07, 6.45) is 3.26. The van der Waals surface area contributed by atoms with Gasteiger partial charge in [0.1, 0.15) is 5.75 Å². The van der Waals surface area contributed by atoms with Gasteiger partial charge in [0, 0.05) is 50.3 Å². The van der Waals surface area contributed by atoms with Crippen molar-refractivity contribution >= 4 is 23.4 Å². The van der Waals surface area contributed by atoms with Crippen molar-refractivity contribution < 1.29 is 29.0 Å². The van der Waals surface area contributed by atoms with Crippen molar-refractivity contribution in [3.05, 3.63) is 59.7 Å². The molecule has 0 aromatic heterocycles. The number of hydrogen-bond acceptors (Lipinski definition) is 7. The number of aliphatic hydroxyl groups is 1. The van der Waals surface area contributed by atoms with Crippen LogP contribution in [0.4, 0.5) is 5.69 Å². The van der Waals surface area contributed by atoms with E-state index in [1.54, 1.807) is 66.2 Å². The maximum atomic E-state index is 14.3. The van der Waals surface area contributed by atoms with Gasteiger partial charge >= 0.3 is 0 Å². The summed E-state index contributed by atoms with van der Waals surface area (Å²) in [6, 6.07) is 13.5. The number of rotatable bonds is 10. The summed E-state index contributed by atoms with van der Waals surface area (Å²) in [4.78, 5) is 45.5. The Bertz CT molecular complexity index is 1240. The highest BCUT2D eigenvalue weighted by Gasteiger charge is 2.31. The zero-order valence-electron chi connectivity index (χ0n) is 27.8. The summed E-state index contributed by atoms with van der Waals surface area (Å²) < 4.78 is 12.7. The highest BCUT2D eigenvalue weighted by molar-refractivity contribution is 6.05. The molecule has 248 valence electrons. The minimum atomic E-state index is -0.494. The van der Waals surface area contributed by atoms with E-state index in [0.29, 0.717) is 48.7 Å². The van der Waals surface area contributed by atoms with E-state index in [1.165, 1.54) is 0 Å². The third-order valence-electron chi connectivity index (χ3n) is 8.22. The second-order valence-corrected chi connectivity index (χ2v) is 12.5. The number of aliphatic hydroxyl groups excluding tert-OH is 1. The number of anilines is 1. The Balaban J connectivity index is 1.89. The van der Waals surface area contributed by atoms with Gasteiger partial charge in [-0.2, -0.15) is 0 Å². The molecule has 45 heavy (non-hydrogen) atoms. The van der Waals surface area contributed by atoms with Gasteiger partial charge in [0.2, 0.25) is 5.91 Å². The lowest BCUT2D eigenvalue weighted by Gasteiger charge is -2.36. The molecule has 0 spiro atoms. The number of ether oxygens (including phenoxy) is 2. The van der Waals surface area contributed by atoms with Crippen LogP contribution in [0.2, 0.25) is 0 Å². The van der Waals surface area contributed by atoms with Gasteiger partial charge in [-0.15, -0.1) is 0 Å². The molecule has 2 aromatic rings. The molecule has 0 unspecified atom stereocenters. The van der Waals surface area contributed by atoms with E-state index in [0.717, 1.165) is 32.2 Å². The molecular formula is C35H52N4O6. The summed E-state index contributed by atoms with van der Waals surface area (Å²) in [5.74, 6) is -0.250. The predicted octanol–water partition coefficient (Wildman–Crippen LogP) is 4.53. The second-order valence-electron chi connectivity index (χ2n) is 12.5. The lowest BCUT2D eigenvalue weighted by molar-refractivity contribution is -0.132. The average Bonchev–Trinajstić information content (AvgIpc) is 3.02. The SMILES string of the molecule is C[C@@H]1CN([C@H](C)CO)C(=O)c2cc(NC(=O)c3ccccc3)ccc2O[C@@H](C)CCCCO[C@@H]1CN(C)C(=O)CCCN(C)C. The molecule has 2 aromatic carbocycles. The van der Waals surface area contributed by atoms with Crippen molar-refractivity contribution in [3.63, 3.8) is 0 Å². The number of nitrogens with zero attached hydrogens (tertiary/aromatic N) is 3. The number of carbonyl (C=O) groups excluding carboxylic acids is 3. The molecule has 3 rings (SSSR count). The quantitative estimate of drug-likeness (QED) is 0.400. The van der Waals surface area contributed by atoms with E-state index in [1.807, 2.05) is 34.0 Å². The van der Waals surface area contributed by atoms with Gasteiger partial charge < -0.3 is 34.6 Å². The van der Waals surface area contributed by atoms with Gasteiger partial charge in [-0.3, -0.25) is 14.4 Å². The minimum Gasteiger partial charge on any atom is -0.490 e. The molecule has 2 N–H and O–H groups in total. The summed E-state index contributed by atoms with van der Waals surface area (Å²) in [7, 11) is 5.79. The molecule has 0 bridgehead atoms. The first kappa shape index (κ1) is 36.0. The zero-order valence-corrected chi connectivity index (χ0v) is 27.8. The van der Waals surface area contributed by atoms with Crippen LogP contribution in [-0.4, -0.2) is 110 Å². The van der Waals surface area contributed by atoms with Crippen LogP contribution in [0.5, 0.6) is 5.75 Å². The summed E-state index contributed by atoms with van der Waals surface area (Å²) in [6.45, 7) is 7.64. The van der Waals surface area contributed by atoms with E-state index in [4.69, 9.17) is 9.47 Å².